The van der Waals surface area contributed by atoms with Gasteiger partial charge >= 0.3 is 0 Å². The van der Waals surface area contributed by atoms with E-state index in [-0.39, 0.29) is 30.3 Å². The number of hydrogen-bond donors (Lipinski definition) is 0. The Hall–Kier alpha value is -1.78. The summed E-state index contributed by atoms with van der Waals surface area (Å²) in [6, 6.07) is 4.48. The molecule has 0 bridgehead atoms. The predicted molar refractivity (Wildman–Crippen MR) is 93.2 cm³/mol. The number of aromatic nitrogens is 1. The number of rotatable bonds is 7. The maximum Gasteiger partial charge on any atom is 0.242 e. The van der Waals surface area contributed by atoms with E-state index < -0.39 is 0 Å². The number of aryl methyl sites for hydroxylation is 1. The maximum atomic E-state index is 12.9. The smallest absolute Gasteiger partial charge is 0.242 e. The lowest BCUT2D eigenvalue weighted by Gasteiger charge is -2.35. The monoisotopic (exact) mass is 331 g/mol. The molecule has 2 aliphatic carbocycles. The van der Waals surface area contributed by atoms with E-state index >= 15 is 0 Å². The fourth-order valence-corrected chi connectivity index (χ4v) is 3.28. The molecule has 5 heteroatoms. The summed E-state index contributed by atoms with van der Waals surface area (Å²) in [7, 11) is 2.01. The van der Waals surface area contributed by atoms with Gasteiger partial charge in [0.15, 0.2) is 0 Å². The van der Waals surface area contributed by atoms with E-state index in [4.69, 9.17) is 0 Å². The first-order chi connectivity index (χ1) is 11.5. The average Bonchev–Trinajstić information content (AvgIpc) is 3.23. The summed E-state index contributed by atoms with van der Waals surface area (Å²) < 4.78 is 2.06. The summed E-state index contributed by atoms with van der Waals surface area (Å²) in [6.45, 7) is 4.86. The molecule has 2 saturated carbocycles. The molecule has 1 heterocycles. The number of carbonyl (C=O) groups is 2. The molecule has 0 aromatic carbocycles. The molecule has 0 aliphatic heterocycles. The Morgan fingerprint density at radius 3 is 2.42 bits per heavy atom. The molecule has 5 nitrogen and oxygen atoms in total. The van der Waals surface area contributed by atoms with Crippen LogP contribution in [0.5, 0.6) is 0 Å². The van der Waals surface area contributed by atoms with Gasteiger partial charge in [-0.1, -0.05) is 6.42 Å². The van der Waals surface area contributed by atoms with E-state index in [9.17, 15) is 9.59 Å². The Labute approximate surface area is 144 Å². The van der Waals surface area contributed by atoms with E-state index in [2.05, 4.69) is 10.6 Å². The third-order valence-electron chi connectivity index (χ3n) is 5.36. The Kier molecular flexibility index (Phi) is 4.97. The molecular weight excluding hydrogens is 302 g/mol. The van der Waals surface area contributed by atoms with Gasteiger partial charge < -0.3 is 14.4 Å². The third-order valence-corrected chi connectivity index (χ3v) is 5.36. The van der Waals surface area contributed by atoms with Crippen molar-refractivity contribution in [1.29, 1.82) is 0 Å². The molecule has 2 amide bonds. The number of hydrogen-bond acceptors (Lipinski definition) is 2. The van der Waals surface area contributed by atoms with Gasteiger partial charge in [-0.25, -0.2) is 0 Å². The van der Waals surface area contributed by atoms with Crippen LogP contribution in [0.3, 0.4) is 0 Å². The molecule has 0 spiro atoms. The van der Waals surface area contributed by atoms with Crippen LogP contribution in [0, 0.1) is 5.92 Å². The zero-order chi connectivity index (χ0) is 17.3. The highest BCUT2D eigenvalue weighted by molar-refractivity contribution is 5.86. The summed E-state index contributed by atoms with van der Waals surface area (Å²) >= 11 is 0. The van der Waals surface area contributed by atoms with Crippen LogP contribution in [-0.2, 0) is 23.2 Å². The lowest BCUT2D eigenvalue weighted by Crippen LogP contribution is -2.49. The van der Waals surface area contributed by atoms with Crippen molar-refractivity contribution in [1.82, 2.24) is 14.4 Å². The highest BCUT2D eigenvalue weighted by atomic mass is 16.2. The van der Waals surface area contributed by atoms with Crippen LogP contribution >= 0.6 is 0 Å². The summed E-state index contributed by atoms with van der Waals surface area (Å²) in [5, 5.41) is 0. The zero-order valence-electron chi connectivity index (χ0n) is 15.1. The van der Waals surface area contributed by atoms with Crippen molar-refractivity contribution in [3.8, 4) is 0 Å². The fourth-order valence-electron chi connectivity index (χ4n) is 3.28. The Balaban J connectivity index is 1.67. The van der Waals surface area contributed by atoms with Crippen LogP contribution in [-0.4, -0.2) is 44.8 Å². The first-order valence-corrected chi connectivity index (χ1v) is 9.17. The van der Waals surface area contributed by atoms with Gasteiger partial charge in [0.05, 0.1) is 6.54 Å². The van der Waals surface area contributed by atoms with Crippen molar-refractivity contribution < 1.29 is 9.59 Å². The Morgan fingerprint density at radius 1 is 1.25 bits per heavy atom. The molecule has 2 fully saturated rings. The van der Waals surface area contributed by atoms with Crippen LogP contribution in [0.2, 0.25) is 0 Å². The maximum absolute atomic E-state index is 12.9. The minimum Gasteiger partial charge on any atom is -0.353 e. The number of carbonyl (C=O) groups excluding carboxylic acids is 2. The molecule has 0 unspecified atom stereocenters. The molecule has 132 valence electrons. The van der Waals surface area contributed by atoms with Gasteiger partial charge in [0, 0.05) is 36.9 Å². The summed E-state index contributed by atoms with van der Waals surface area (Å²) in [6.07, 6.45) is 7.25. The first kappa shape index (κ1) is 17.1. The van der Waals surface area contributed by atoms with E-state index in [0.717, 1.165) is 37.8 Å². The molecule has 2 aliphatic rings. The average molecular weight is 331 g/mol. The topological polar surface area (TPSA) is 45.6 Å². The molecule has 24 heavy (non-hydrogen) atoms. The van der Waals surface area contributed by atoms with Crippen molar-refractivity contribution in [2.45, 2.75) is 64.6 Å². The Morgan fingerprint density at radius 2 is 1.96 bits per heavy atom. The first-order valence-electron chi connectivity index (χ1n) is 9.17. The van der Waals surface area contributed by atoms with Gasteiger partial charge in [-0.2, -0.15) is 0 Å². The van der Waals surface area contributed by atoms with Crippen LogP contribution in [0.4, 0.5) is 0 Å². The normalized spacial score (nSPS) is 17.7. The number of amides is 2. The van der Waals surface area contributed by atoms with Crippen LogP contribution in [0.15, 0.2) is 18.3 Å². The van der Waals surface area contributed by atoms with Crippen molar-refractivity contribution in [3.05, 3.63) is 24.0 Å². The molecule has 0 N–H and O–H groups in total. The second-order valence-electron chi connectivity index (χ2n) is 7.55. The van der Waals surface area contributed by atoms with Gasteiger partial charge in [0.1, 0.15) is 6.54 Å². The van der Waals surface area contributed by atoms with Gasteiger partial charge in [-0.3, -0.25) is 9.59 Å². The predicted octanol–water partition coefficient (Wildman–Crippen LogP) is 2.55. The minimum absolute atomic E-state index is 0.0677. The summed E-state index contributed by atoms with van der Waals surface area (Å²) in [5.41, 5.74) is 1.14. The van der Waals surface area contributed by atoms with Gasteiger partial charge in [0.25, 0.3) is 0 Å². The van der Waals surface area contributed by atoms with Crippen molar-refractivity contribution in [2.24, 2.45) is 13.0 Å². The molecule has 0 saturated heterocycles. The number of nitrogens with zero attached hydrogens (tertiary/aromatic N) is 3. The molecule has 3 rings (SSSR count). The minimum atomic E-state index is 0.0677. The molecule has 0 radical (unpaired) electrons. The van der Waals surface area contributed by atoms with Crippen LogP contribution < -0.4 is 0 Å². The van der Waals surface area contributed by atoms with E-state index in [1.807, 2.05) is 38.1 Å². The molecule has 1 aromatic rings. The lowest BCUT2D eigenvalue weighted by molar-refractivity contribution is -0.147. The van der Waals surface area contributed by atoms with E-state index in [1.165, 1.54) is 0 Å². The van der Waals surface area contributed by atoms with Gasteiger partial charge in [0.2, 0.25) is 11.8 Å². The zero-order valence-corrected chi connectivity index (χ0v) is 15.1. The van der Waals surface area contributed by atoms with Gasteiger partial charge in [-0.05, 0) is 51.7 Å². The summed E-state index contributed by atoms with van der Waals surface area (Å²) in [4.78, 5) is 29.3. The second kappa shape index (κ2) is 6.99. The van der Waals surface area contributed by atoms with Crippen molar-refractivity contribution in [3.63, 3.8) is 0 Å². The third kappa shape index (κ3) is 3.65. The van der Waals surface area contributed by atoms with E-state index in [1.54, 1.807) is 4.90 Å². The highest BCUT2D eigenvalue weighted by Gasteiger charge is 2.36. The largest absolute Gasteiger partial charge is 0.353 e. The highest BCUT2D eigenvalue weighted by Crippen LogP contribution is 2.31. The van der Waals surface area contributed by atoms with Crippen LogP contribution in [0.1, 0.15) is 51.6 Å². The molecular formula is C19H29N3O2. The molecule has 1 aromatic heterocycles. The lowest BCUT2D eigenvalue weighted by atomic mass is 9.84. The summed E-state index contributed by atoms with van der Waals surface area (Å²) in [5.74, 6) is 0.390. The Bertz CT molecular complexity index is 600. The van der Waals surface area contributed by atoms with Crippen molar-refractivity contribution >= 4 is 11.8 Å². The van der Waals surface area contributed by atoms with Crippen LogP contribution in [0.25, 0.3) is 0 Å². The van der Waals surface area contributed by atoms with Gasteiger partial charge in [-0.15, -0.1) is 0 Å². The second-order valence-corrected chi connectivity index (χ2v) is 7.55. The van der Waals surface area contributed by atoms with E-state index in [0.29, 0.717) is 12.6 Å². The molecule has 0 atom stereocenters. The standard InChI is InChI=1S/C19H29N3O2/c1-14(2)21(19(24)15-6-4-7-15)13-18(23)22(16-9-10-16)12-17-8-5-11-20(17)3/h5,8,11,14-16H,4,6-7,9-10,12-13H2,1-3H3. The SMILES string of the molecule is CC(C)N(CC(=O)N(Cc1cccn1C)C1CC1)C(=O)C1CCC1. The van der Waals surface area contributed by atoms with Crippen molar-refractivity contribution in [2.75, 3.05) is 6.54 Å². The quantitative estimate of drug-likeness (QED) is 0.771. The fraction of sp³-hybridized carbons (Fsp3) is 0.684.